The van der Waals surface area contributed by atoms with E-state index in [0.29, 0.717) is 83.7 Å². The maximum Gasteiger partial charge on any atom is 0.260 e. The Balaban J connectivity index is 0.909. The molecule has 274 valence electrons. The van der Waals surface area contributed by atoms with Crippen molar-refractivity contribution < 1.29 is 33.3 Å². The summed E-state index contributed by atoms with van der Waals surface area (Å²) < 4.78 is 28.8. The standard InChI is InChI=1S/C42H38N5O7/c1-50-32-11-7-26(8-12-32)28-16-31-22-45-36-20-40(38(52-3)18-34(36)42(49)47(31)24-28)54-14-4-13-53-39-19-35-33(17-37(39)51-2)41(48)46-23-27(15-30(46)21-44-35)25-5-9-29(43)10-6-25/h5-12,17-24,30-31,43H,4,13-16H2,1-3H3/q-1/t30?,31-/m0/s1. The first-order valence-corrected chi connectivity index (χ1v) is 17.6. The third kappa shape index (κ3) is 6.51. The van der Waals surface area contributed by atoms with Gasteiger partial charge in [-0.3, -0.25) is 19.6 Å². The van der Waals surface area contributed by atoms with Crippen molar-refractivity contribution in [1.29, 1.82) is 0 Å². The highest BCUT2D eigenvalue weighted by Crippen LogP contribution is 2.42. The van der Waals surface area contributed by atoms with E-state index in [4.69, 9.17) is 34.4 Å². The Morgan fingerprint density at radius 3 is 1.54 bits per heavy atom. The van der Waals surface area contributed by atoms with Crippen molar-refractivity contribution in [1.82, 2.24) is 9.80 Å². The summed E-state index contributed by atoms with van der Waals surface area (Å²) in [6.45, 7) is 0.601. The number of nitrogens with zero attached hydrogens (tertiary/aromatic N) is 4. The molecule has 0 radical (unpaired) electrons. The first kappa shape index (κ1) is 34.5. The molecular formula is C42H38N5O7-. The summed E-state index contributed by atoms with van der Waals surface area (Å²) in [5, 5.41) is 0. The Kier molecular flexibility index (Phi) is 9.24. The van der Waals surface area contributed by atoms with Gasteiger partial charge in [0.25, 0.3) is 11.8 Å². The first-order chi connectivity index (χ1) is 26.3. The summed E-state index contributed by atoms with van der Waals surface area (Å²) in [6.07, 6.45) is 9.16. The fraction of sp³-hybridized carbons (Fsp3) is 0.238. The second-order valence-corrected chi connectivity index (χ2v) is 13.2. The van der Waals surface area contributed by atoms with Crippen LogP contribution in [0.1, 0.15) is 51.1 Å². The van der Waals surface area contributed by atoms with Gasteiger partial charge in [-0.15, -0.1) is 5.69 Å². The zero-order chi connectivity index (χ0) is 37.3. The highest BCUT2D eigenvalue weighted by atomic mass is 16.5. The van der Waals surface area contributed by atoms with Crippen LogP contribution in [0.3, 0.4) is 0 Å². The number of rotatable bonds is 11. The molecule has 0 bridgehead atoms. The number of hydrogen-bond acceptors (Lipinski definition) is 9. The van der Waals surface area contributed by atoms with E-state index in [1.807, 2.05) is 55.0 Å². The molecule has 1 unspecified atom stereocenters. The molecule has 54 heavy (non-hydrogen) atoms. The largest absolute Gasteiger partial charge is 0.699 e. The van der Waals surface area contributed by atoms with E-state index in [-0.39, 0.29) is 23.9 Å². The number of amides is 2. The average molecular weight is 725 g/mol. The van der Waals surface area contributed by atoms with Crippen molar-refractivity contribution in [2.75, 3.05) is 34.5 Å². The summed E-state index contributed by atoms with van der Waals surface area (Å²) in [5.41, 5.74) is 14.1. The van der Waals surface area contributed by atoms with Gasteiger partial charge in [0.05, 0.1) is 69.1 Å². The molecule has 12 nitrogen and oxygen atoms in total. The molecule has 4 heterocycles. The lowest BCUT2D eigenvalue weighted by atomic mass is 10.0. The van der Waals surface area contributed by atoms with Gasteiger partial charge >= 0.3 is 0 Å². The van der Waals surface area contributed by atoms with Crippen LogP contribution in [0.5, 0.6) is 28.7 Å². The van der Waals surface area contributed by atoms with Crippen LogP contribution in [-0.2, 0) is 0 Å². The molecule has 4 aromatic rings. The molecular weight excluding hydrogens is 686 g/mol. The average Bonchev–Trinajstić information content (AvgIpc) is 3.78. The van der Waals surface area contributed by atoms with E-state index < -0.39 is 0 Å². The fourth-order valence-electron chi connectivity index (χ4n) is 7.06. The Morgan fingerprint density at radius 1 is 0.630 bits per heavy atom. The fourth-order valence-corrected chi connectivity index (χ4v) is 7.06. The summed E-state index contributed by atoms with van der Waals surface area (Å²) in [4.78, 5) is 40.2. The molecule has 2 atom stereocenters. The van der Waals surface area contributed by atoms with Gasteiger partial charge in [-0.1, -0.05) is 36.4 Å². The number of ether oxygens (including phenoxy) is 5. The molecule has 0 saturated heterocycles. The van der Waals surface area contributed by atoms with Crippen LogP contribution in [-0.4, -0.2) is 80.7 Å². The van der Waals surface area contributed by atoms with Crippen molar-refractivity contribution in [3.8, 4) is 28.7 Å². The highest BCUT2D eigenvalue weighted by molar-refractivity contribution is 6.06. The molecule has 4 aromatic carbocycles. The second kappa shape index (κ2) is 14.5. The predicted octanol–water partition coefficient (Wildman–Crippen LogP) is 8.19. The minimum absolute atomic E-state index is 0.160. The normalized spacial score (nSPS) is 18.1. The number of carbonyl (C=O) groups is 2. The SMILES string of the molecule is COc1ccc(C2=CN3C(=O)c4cc(OC)c(OCCCOc5cc6c(cc5OC)C(=O)N5C=C(c7ccc([NH-])cc7)CC5C=N6)cc4N=C[C@@H]3C2)cc1. The van der Waals surface area contributed by atoms with Crippen LogP contribution < -0.4 is 23.7 Å². The molecule has 2 amide bonds. The number of fused-ring (bicyclic) bond motifs is 4. The van der Waals surface area contributed by atoms with Gasteiger partial charge in [-0.05, 0) is 46.5 Å². The van der Waals surface area contributed by atoms with E-state index in [1.54, 1.807) is 59.5 Å². The molecule has 4 aliphatic heterocycles. The van der Waals surface area contributed by atoms with E-state index in [1.165, 1.54) is 14.2 Å². The minimum atomic E-state index is -0.219. The number of nitrogens with one attached hydrogen (secondary N) is 1. The zero-order valence-electron chi connectivity index (χ0n) is 30.1. The summed E-state index contributed by atoms with van der Waals surface area (Å²) in [7, 11) is 4.71. The third-order valence-corrected chi connectivity index (χ3v) is 9.95. The van der Waals surface area contributed by atoms with Crippen LogP contribution in [0.15, 0.2) is 95.2 Å². The van der Waals surface area contributed by atoms with E-state index in [9.17, 15) is 9.59 Å². The quantitative estimate of drug-likeness (QED) is 0.142. The Morgan fingerprint density at radius 2 is 1.09 bits per heavy atom. The van der Waals surface area contributed by atoms with Gasteiger partial charge in [0, 0.05) is 56.2 Å². The molecule has 0 fully saturated rings. The van der Waals surface area contributed by atoms with Crippen molar-refractivity contribution in [3.05, 3.63) is 113 Å². The van der Waals surface area contributed by atoms with Gasteiger partial charge in [0.2, 0.25) is 0 Å². The lowest BCUT2D eigenvalue weighted by Crippen LogP contribution is -2.32. The van der Waals surface area contributed by atoms with Crippen LogP contribution in [0.25, 0.3) is 16.9 Å². The summed E-state index contributed by atoms with van der Waals surface area (Å²) in [5.74, 6) is 2.24. The maximum atomic E-state index is 13.7. The molecule has 0 spiro atoms. The molecule has 0 aromatic heterocycles. The number of carbonyl (C=O) groups excluding carboxylic acids is 2. The van der Waals surface area contributed by atoms with E-state index in [0.717, 1.165) is 28.0 Å². The predicted molar refractivity (Wildman–Crippen MR) is 206 cm³/mol. The lowest BCUT2D eigenvalue weighted by Gasteiger charge is -2.19. The van der Waals surface area contributed by atoms with Crippen molar-refractivity contribution in [3.63, 3.8) is 0 Å². The van der Waals surface area contributed by atoms with E-state index >= 15 is 0 Å². The minimum Gasteiger partial charge on any atom is -0.699 e. The Bertz CT molecular complexity index is 2240. The van der Waals surface area contributed by atoms with Gasteiger partial charge < -0.3 is 39.2 Å². The van der Waals surface area contributed by atoms with Gasteiger partial charge in [0.1, 0.15) is 5.75 Å². The van der Waals surface area contributed by atoms with Crippen LogP contribution in [0, 0.1) is 0 Å². The number of aliphatic imine (C=N–C) groups is 2. The van der Waals surface area contributed by atoms with Crippen LogP contribution in [0.4, 0.5) is 17.1 Å². The molecule has 12 heteroatoms. The maximum absolute atomic E-state index is 13.7. The number of benzene rings is 4. The Labute approximate surface area is 312 Å². The smallest absolute Gasteiger partial charge is 0.260 e. The molecule has 0 saturated carbocycles. The van der Waals surface area contributed by atoms with Crippen LogP contribution >= 0.6 is 0 Å². The van der Waals surface area contributed by atoms with Crippen LogP contribution in [0.2, 0.25) is 0 Å². The number of hydrogen-bond donors (Lipinski definition) is 0. The lowest BCUT2D eigenvalue weighted by molar-refractivity contribution is 0.0809. The zero-order valence-corrected chi connectivity index (χ0v) is 30.1. The summed E-state index contributed by atoms with van der Waals surface area (Å²) in [6, 6.07) is 21.5. The molecule has 0 aliphatic carbocycles. The van der Waals surface area contributed by atoms with Gasteiger partial charge in [-0.25, -0.2) is 0 Å². The summed E-state index contributed by atoms with van der Waals surface area (Å²) >= 11 is 0. The topological polar surface area (TPSA) is 135 Å². The first-order valence-electron chi connectivity index (χ1n) is 17.6. The van der Waals surface area contributed by atoms with Crippen molar-refractivity contribution in [2.24, 2.45) is 9.98 Å². The van der Waals surface area contributed by atoms with Gasteiger partial charge in [-0.2, -0.15) is 0 Å². The molecule has 4 aliphatic rings. The molecule has 1 N–H and O–H groups in total. The highest BCUT2D eigenvalue weighted by Gasteiger charge is 2.35. The van der Waals surface area contributed by atoms with Gasteiger partial charge in [0.15, 0.2) is 23.0 Å². The second-order valence-electron chi connectivity index (χ2n) is 13.2. The monoisotopic (exact) mass is 724 g/mol. The number of methoxy groups -OCH3 is 3. The third-order valence-electron chi connectivity index (χ3n) is 9.95. The van der Waals surface area contributed by atoms with E-state index in [2.05, 4.69) is 4.99 Å². The van der Waals surface area contributed by atoms with Crippen molar-refractivity contribution >= 4 is 52.5 Å². The Hall–Kier alpha value is -6.56. The van der Waals surface area contributed by atoms with Crippen molar-refractivity contribution in [2.45, 2.75) is 31.3 Å². The molecule has 8 rings (SSSR count).